The van der Waals surface area contributed by atoms with Crippen LogP contribution in [0.4, 0.5) is 0 Å². The van der Waals surface area contributed by atoms with Gasteiger partial charge < -0.3 is 14.2 Å². The second-order valence-corrected chi connectivity index (χ2v) is 16.3. The van der Waals surface area contributed by atoms with Gasteiger partial charge in [0, 0.05) is 0 Å². The molecule has 0 aromatic carbocycles. The van der Waals surface area contributed by atoms with Crippen molar-refractivity contribution in [2.75, 3.05) is 6.61 Å². The molecule has 7 rings (SSSR count). The first-order chi connectivity index (χ1) is 19.3. The molecule has 15 unspecified atom stereocenters. The monoisotopic (exact) mass is 570 g/mol. The smallest absolute Gasteiger partial charge is 0.312 e. The third-order valence-electron chi connectivity index (χ3n) is 13.5. The average molecular weight is 571 g/mol. The molecule has 7 fully saturated rings. The number of hydrogen-bond donors (Lipinski definition) is 0. The first-order valence-corrected chi connectivity index (χ1v) is 16.9. The molecule has 7 aliphatic rings. The summed E-state index contributed by atoms with van der Waals surface area (Å²) < 4.78 is 17.0. The van der Waals surface area contributed by atoms with E-state index in [1.807, 2.05) is 20.8 Å². The lowest BCUT2D eigenvalue weighted by Crippen LogP contribution is -2.39. The summed E-state index contributed by atoms with van der Waals surface area (Å²) in [5.41, 5.74) is -0.340. The fourth-order valence-electron chi connectivity index (χ4n) is 10.9. The quantitative estimate of drug-likeness (QED) is 0.277. The van der Waals surface area contributed by atoms with Gasteiger partial charge in [0.05, 0.1) is 17.8 Å². The van der Waals surface area contributed by atoms with E-state index in [4.69, 9.17) is 14.2 Å². The highest BCUT2D eigenvalue weighted by Gasteiger charge is 2.57. The third kappa shape index (κ3) is 5.26. The predicted octanol–water partition coefficient (Wildman–Crippen LogP) is 6.69. The van der Waals surface area contributed by atoms with Gasteiger partial charge in [-0.15, -0.1) is 0 Å². The number of carbonyl (C=O) groups is 3. The molecule has 6 aliphatic carbocycles. The fourth-order valence-corrected chi connectivity index (χ4v) is 10.9. The molecule has 1 heterocycles. The van der Waals surface area contributed by atoms with Gasteiger partial charge in [-0.1, -0.05) is 34.1 Å². The van der Waals surface area contributed by atoms with Gasteiger partial charge in [-0.2, -0.15) is 0 Å². The number of rotatable bonds is 4. The maximum Gasteiger partial charge on any atom is 0.312 e. The van der Waals surface area contributed by atoms with Crippen LogP contribution in [-0.4, -0.2) is 36.2 Å². The molecule has 6 saturated carbocycles. The van der Waals surface area contributed by atoms with Crippen LogP contribution >= 0.6 is 0 Å². The van der Waals surface area contributed by atoms with Gasteiger partial charge in [0.15, 0.2) is 0 Å². The number of carbonyl (C=O) groups excluding carboxylic acids is 3. The van der Waals surface area contributed by atoms with Crippen molar-refractivity contribution in [3.05, 3.63) is 0 Å². The summed E-state index contributed by atoms with van der Waals surface area (Å²) in [4.78, 5) is 37.2. The summed E-state index contributed by atoms with van der Waals surface area (Å²) in [6.45, 7) is 15.3. The molecule has 6 heteroatoms. The van der Waals surface area contributed by atoms with Crippen LogP contribution in [0, 0.1) is 82.9 Å². The number of esters is 3. The van der Waals surface area contributed by atoms with E-state index in [1.54, 1.807) is 0 Å². The van der Waals surface area contributed by atoms with E-state index in [0.717, 1.165) is 37.0 Å². The molecule has 0 aromatic rings. The summed E-state index contributed by atoms with van der Waals surface area (Å²) in [6, 6.07) is 0. The van der Waals surface area contributed by atoms with E-state index >= 15 is 0 Å². The molecule has 0 spiro atoms. The van der Waals surface area contributed by atoms with Crippen molar-refractivity contribution in [3.8, 4) is 0 Å². The van der Waals surface area contributed by atoms with Crippen molar-refractivity contribution in [1.82, 2.24) is 0 Å². The minimum absolute atomic E-state index is 0.0405. The molecule has 41 heavy (non-hydrogen) atoms. The van der Waals surface area contributed by atoms with Crippen LogP contribution < -0.4 is 0 Å². The van der Waals surface area contributed by atoms with Crippen molar-refractivity contribution in [1.29, 1.82) is 0 Å². The summed E-state index contributed by atoms with van der Waals surface area (Å²) in [5.74, 6) is 6.81. The van der Waals surface area contributed by atoms with Gasteiger partial charge >= 0.3 is 17.9 Å². The topological polar surface area (TPSA) is 78.9 Å². The van der Waals surface area contributed by atoms with Crippen LogP contribution in [0.2, 0.25) is 0 Å². The van der Waals surface area contributed by atoms with Gasteiger partial charge in [0.2, 0.25) is 0 Å². The van der Waals surface area contributed by atoms with Crippen LogP contribution in [0.3, 0.4) is 0 Å². The van der Waals surface area contributed by atoms with Crippen molar-refractivity contribution in [3.63, 3.8) is 0 Å². The van der Waals surface area contributed by atoms with Gasteiger partial charge in [-0.3, -0.25) is 14.4 Å². The summed E-state index contributed by atoms with van der Waals surface area (Å²) in [7, 11) is 0. The fraction of sp³-hybridized carbons (Fsp3) is 0.914. The summed E-state index contributed by atoms with van der Waals surface area (Å²) in [5, 5.41) is 0. The lowest BCUT2D eigenvalue weighted by molar-refractivity contribution is -0.169. The Morgan fingerprint density at radius 2 is 1.29 bits per heavy atom. The van der Waals surface area contributed by atoms with E-state index in [2.05, 4.69) is 27.7 Å². The second-order valence-electron chi connectivity index (χ2n) is 16.3. The van der Waals surface area contributed by atoms with Gasteiger partial charge in [-0.05, 0) is 131 Å². The zero-order valence-corrected chi connectivity index (χ0v) is 26.5. The highest BCUT2D eigenvalue weighted by atomic mass is 16.6. The van der Waals surface area contributed by atoms with E-state index < -0.39 is 0 Å². The number of fused-ring (bicyclic) bond motifs is 9. The van der Waals surface area contributed by atoms with Crippen LogP contribution in [0.5, 0.6) is 0 Å². The lowest BCUT2D eigenvalue weighted by Gasteiger charge is -2.32. The zero-order chi connectivity index (χ0) is 29.4. The van der Waals surface area contributed by atoms with Crippen LogP contribution in [0.1, 0.15) is 99.8 Å². The van der Waals surface area contributed by atoms with E-state index in [1.165, 1.54) is 32.1 Å². The zero-order valence-electron chi connectivity index (χ0n) is 26.5. The van der Waals surface area contributed by atoms with Crippen molar-refractivity contribution in [2.24, 2.45) is 82.9 Å². The Bertz CT molecular complexity index is 1030. The summed E-state index contributed by atoms with van der Waals surface area (Å²) in [6.07, 6.45) is 9.28. The van der Waals surface area contributed by atoms with Gasteiger partial charge in [0.1, 0.15) is 18.3 Å². The van der Waals surface area contributed by atoms with Crippen LogP contribution in [0.25, 0.3) is 0 Å². The maximum absolute atomic E-state index is 12.7. The Kier molecular flexibility index (Phi) is 7.80. The van der Waals surface area contributed by atoms with E-state index in [9.17, 15) is 14.4 Å². The normalized spacial score (nSPS) is 48.9. The minimum Gasteiger partial charge on any atom is -0.465 e. The average Bonchev–Trinajstić information content (AvgIpc) is 3.73. The molecule has 230 valence electrons. The Hall–Kier alpha value is -1.59. The molecular weight excluding hydrogens is 516 g/mol. The Morgan fingerprint density at radius 1 is 0.732 bits per heavy atom. The molecule has 6 bridgehead atoms. The molecule has 6 nitrogen and oxygen atoms in total. The molecule has 0 amide bonds. The number of hydrogen-bond acceptors (Lipinski definition) is 6. The van der Waals surface area contributed by atoms with E-state index in [0.29, 0.717) is 47.3 Å². The van der Waals surface area contributed by atoms with Crippen molar-refractivity contribution < 1.29 is 28.6 Å². The summed E-state index contributed by atoms with van der Waals surface area (Å²) >= 11 is 0. The second kappa shape index (κ2) is 10.8. The Morgan fingerprint density at radius 3 is 1.83 bits per heavy atom. The predicted molar refractivity (Wildman–Crippen MR) is 155 cm³/mol. The molecule has 1 aliphatic heterocycles. The van der Waals surface area contributed by atoms with Gasteiger partial charge in [0.25, 0.3) is 0 Å². The molecule has 0 radical (unpaired) electrons. The maximum atomic E-state index is 12.7. The number of ether oxygens (including phenoxy) is 3. The Labute approximate surface area is 247 Å². The molecule has 0 N–H and O–H groups in total. The minimum atomic E-state index is -0.340. The van der Waals surface area contributed by atoms with E-state index in [-0.39, 0.29) is 54.0 Å². The highest BCUT2D eigenvalue weighted by molar-refractivity contribution is 5.77. The Balaban J connectivity index is 0.000000164. The largest absolute Gasteiger partial charge is 0.465 e. The molecule has 0 aromatic heterocycles. The first kappa shape index (κ1) is 29.5. The highest BCUT2D eigenvalue weighted by Crippen LogP contribution is 2.57. The van der Waals surface area contributed by atoms with Crippen molar-refractivity contribution in [2.45, 2.75) is 112 Å². The lowest BCUT2D eigenvalue weighted by atomic mass is 9.76. The molecular formula is C35H54O6. The van der Waals surface area contributed by atoms with Crippen molar-refractivity contribution >= 4 is 17.9 Å². The molecule has 15 atom stereocenters. The van der Waals surface area contributed by atoms with Crippen LogP contribution in [0.15, 0.2) is 0 Å². The van der Waals surface area contributed by atoms with Crippen LogP contribution in [-0.2, 0) is 28.6 Å². The standard InChI is InChI=1S/C21H30O4.C14H24O2/c1-10-11(2)15-6-12(10)7-17(15)20(22)24-9-18-16-8-19(25-21(18)23)14-5-3-4-13(14)16;1-8-9(2)11-6-10(8)7-12(11)13(15)16-14(3,4)5/h10-19H,3-9H2,1-2H3;8-12H,6-7H2,1-5H3. The van der Waals surface area contributed by atoms with Gasteiger partial charge in [-0.25, -0.2) is 0 Å². The first-order valence-electron chi connectivity index (χ1n) is 16.9. The third-order valence-corrected chi connectivity index (χ3v) is 13.5. The SMILES string of the molecule is CC1C2CC(C(=O)OC(C)(C)C)C(C2)C1C.CC1C2CC(C(=O)OCC3C(=O)OC4CC3C3CCCC43)C(C2)C1C. The molecule has 1 saturated heterocycles.